The molecule has 542 valence electrons. The first-order valence-corrected chi connectivity index (χ1v) is 36.1. The lowest BCUT2D eigenvalue weighted by Crippen LogP contribution is -2.18. The highest BCUT2D eigenvalue weighted by atomic mass is 32.2. The fraction of sp³-hybridized carbons (Fsp3) is 0.0143. The molecule has 14 aromatic heterocycles. The number of thioether (sulfide) groups is 1. The Kier molecular flexibility index (Phi) is 21.3. The molecule has 4 aromatic carbocycles. The highest BCUT2D eigenvalue weighted by Crippen LogP contribution is 2.27. The first-order chi connectivity index (χ1) is 53.7. The third-order valence-electron chi connectivity index (χ3n) is 15.6. The molecule has 0 radical (unpaired) electrons. The molecule has 110 heavy (non-hydrogen) atoms. The number of hydrogen-bond acceptors (Lipinski definition) is 30. The number of amides is 5. The Balaban J connectivity index is 0.000000115. The SMILES string of the molecule is CSc1nccc(-n2ncc3c(N)ncnc32)n1.N#Cc1ccc(-n2ncc3c(N)ncnc32)cc1.Nc1ncnc2c1cnn2-c1ccc(NC(=O)Nc2cccs2)cc1.Nc1ncnc2c1cnn2-c1ccc(NC(=O)Nc2ccsc2)cc1.Nc1ncnc2c1cnn2-c1ccc(NC(=O)c2cccs2)cc1. The normalized spacial score (nSPS) is 10.7. The summed E-state index contributed by atoms with van der Waals surface area (Å²) in [6.07, 6.45) is 18.8. The van der Waals surface area contributed by atoms with Gasteiger partial charge in [-0.25, -0.2) is 88.1 Å². The van der Waals surface area contributed by atoms with Crippen LogP contribution in [0.15, 0.2) is 229 Å². The van der Waals surface area contributed by atoms with E-state index < -0.39 is 0 Å². The maximum absolute atomic E-state index is 12.1. The lowest BCUT2D eigenvalue weighted by Gasteiger charge is -2.08. The molecule has 36 nitrogen and oxygen atoms in total. The van der Waals surface area contributed by atoms with Crippen molar-refractivity contribution in [3.8, 4) is 34.6 Å². The van der Waals surface area contributed by atoms with Gasteiger partial charge in [-0.05, 0) is 144 Å². The summed E-state index contributed by atoms with van der Waals surface area (Å²) in [6, 6.07) is 41.4. The second kappa shape index (κ2) is 32.8. The molecule has 0 fully saturated rings. The second-order valence-corrected chi connectivity index (χ2v) is 26.0. The molecule has 0 aliphatic heterocycles. The van der Waals surface area contributed by atoms with Gasteiger partial charge >= 0.3 is 12.1 Å². The number of anilines is 10. The van der Waals surface area contributed by atoms with E-state index in [0.717, 1.165) is 33.4 Å². The van der Waals surface area contributed by atoms with Crippen molar-refractivity contribution >= 4 is 176 Å². The molecule has 0 atom stereocenters. The molecule has 0 bridgehead atoms. The van der Waals surface area contributed by atoms with Gasteiger partial charge < -0.3 is 49.9 Å². The van der Waals surface area contributed by atoms with Gasteiger partial charge in [0, 0.05) is 34.7 Å². The van der Waals surface area contributed by atoms with Crippen LogP contribution in [0.5, 0.6) is 0 Å². The second-order valence-electron chi connectivity index (χ2n) is 22.5. The fourth-order valence-corrected chi connectivity index (χ4v) is 12.5. The zero-order valence-corrected chi connectivity index (χ0v) is 60.2. The predicted molar refractivity (Wildman–Crippen MR) is 424 cm³/mol. The van der Waals surface area contributed by atoms with E-state index in [0.29, 0.717) is 123 Å². The van der Waals surface area contributed by atoms with E-state index in [1.165, 1.54) is 77.4 Å². The summed E-state index contributed by atoms with van der Waals surface area (Å²) >= 11 is 5.85. The molecular formula is C70H55N33O3S4. The largest absolute Gasteiger partial charge is 0.383 e. The van der Waals surface area contributed by atoms with Crippen LogP contribution in [0, 0.1) is 11.3 Å². The van der Waals surface area contributed by atoms with Crippen LogP contribution in [0.3, 0.4) is 0 Å². The number of nitriles is 1. The third kappa shape index (κ3) is 16.3. The molecule has 18 aromatic rings. The van der Waals surface area contributed by atoms with Crippen LogP contribution in [-0.4, -0.2) is 133 Å². The van der Waals surface area contributed by atoms with Crippen molar-refractivity contribution in [2.75, 3.05) is 61.5 Å². The average Bonchev–Trinajstić information content (AvgIpc) is 1.69. The number of rotatable bonds is 12. The summed E-state index contributed by atoms with van der Waals surface area (Å²) in [7, 11) is 0. The average molecular weight is 1530 g/mol. The highest BCUT2D eigenvalue weighted by molar-refractivity contribution is 7.98. The number of urea groups is 2. The van der Waals surface area contributed by atoms with E-state index in [1.807, 2.05) is 113 Å². The molecule has 0 aliphatic rings. The molecule has 15 N–H and O–H groups in total. The molecular weight excluding hydrogens is 1480 g/mol. The number of hydrogen-bond donors (Lipinski definition) is 10. The Morgan fingerprint density at radius 3 is 1.17 bits per heavy atom. The minimum atomic E-state index is -0.295. The summed E-state index contributed by atoms with van der Waals surface area (Å²) in [5.41, 5.74) is 38.8. The molecule has 18 rings (SSSR count). The number of thiophene rings is 3. The zero-order chi connectivity index (χ0) is 76.0. The molecule has 0 aliphatic carbocycles. The maximum Gasteiger partial charge on any atom is 0.324 e. The van der Waals surface area contributed by atoms with Crippen molar-refractivity contribution in [1.82, 2.24) is 109 Å². The molecule has 0 unspecified atom stereocenters. The molecule has 0 saturated heterocycles. The number of fused-ring (bicyclic) bond motifs is 5. The molecule has 40 heteroatoms. The van der Waals surface area contributed by atoms with Crippen LogP contribution in [0.4, 0.5) is 66.4 Å². The van der Waals surface area contributed by atoms with Crippen molar-refractivity contribution in [3.05, 3.63) is 234 Å². The van der Waals surface area contributed by atoms with Crippen LogP contribution in [0.2, 0.25) is 0 Å². The van der Waals surface area contributed by atoms with Crippen LogP contribution in [-0.2, 0) is 0 Å². The van der Waals surface area contributed by atoms with E-state index in [9.17, 15) is 14.4 Å². The molecule has 5 amide bonds. The maximum atomic E-state index is 12.1. The lowest BCUT2D eigenvalue weighted by molar-refractivity contribution is 0.103. The topological polar surface area (TPSA) is 509 Å². The predicted octanol–water partition coefficient (Wildman–Crippen LogP) is 11.1. The first-order valence-electron chi connectivity index (χ1n) is 32.2. The number of nitrogens with one attached hydrogen (secondary N) is 5. The van der Waals surface area contributed by atoms with Crippen molar-refractivity contribution < 1.29 is 14.4 Å². The van der Waals surface area contributed by atoms with E-state index in [4.69, 9.17) is 33.9 Å². The van der Waals surface area contributed by atoms with Gasteiger partial charge in [-0.3, -0.25) is 10.1 Å². The Morgan fingerprint density at radius 1 is 0.409 bits per heavy atom. The van der Waals surface area contributed by atoms with Gasteiger partial charge in [0.1, 0.15) is 60.7 Å². The zero-order valence-electron chi connectivity index (χ0n) is 56.9. The quantitative estimate of drug-likeness (QED) is 0.0401. The van der Waals surface area contributed by atoms with Crippen molar-refractivity contribution in [1.29, 1.82) is 5.26 Å². The number of nitrogens with two attached hydrogens (primary N) is 5. The van der Waals surface area contributed by atoms with E-state index in [-0.39, 0.29) is 18.0 Å². The van der Waals surface area contributed by atoms with E-state index >= 15 is 0 Å². The van der Waals surface area contributed by atoms with Gasteiger partial charge in [-0.2, -0.15) is 46.8 Å². The Bertz CT molecular complexity index is 6110. The smallest absolute Gasteiger partial charge is 0.324 e. The minimum Gasteiger partial charge on any atom is -0.383 e. The number of carbonyl (C=O) groups excluding carboxylic acids is 3. The number of nitrogen functional groups attached to an aromatic ring is 5. The monoisotopic (exact) mass is 1530 g/mol. The van der Waals surface area contributed by atoms with E-state index in [1.54, 1.807) is 109 Å². The van der Waals surface area contributed by atoms with E-state index in [2.05, 4.69) is 118 Å². The van der Waals surface area contributed by atoms with Crippen LogP contribution >= 0.6 is 45.8 Å². The fourth-order valence-electron chi connectivity index (χ4n) is 10.4. The van der Waals surface area contributed by atoms with Crippen molar-refractivity contribution in [2.45, 2.75) is 5.16 Å². The number of benzene rings is 4. The van der Waals surface area contributed by atoms with Gasteiger partial charge in [0.25, 0.3) is 5.91 Å². The molecule has 0 saturated carbocycles. The van der Waals surface area contributed by atoms with Gasteiger partial charge in [-0.1, -0.05) is 17.8 Å². The summed E-state index contributed by atoms with van der Waals surface area (Å²) < 4.78 is 8.30. The standard InChI is InChI=1S/2C16H13N7OS.C16H12N6OS.C12H8N6.C10H9N7S/c17-14-13-7-20-23(15(13)19-9-18-14)12-3-1-10(2-4-12)21-16(24)22-11-5-6-25-8-11;17-14-12-8-20-23(15(12)19-9-18-14)11-5-3-10(4-6-11)21-16(24)22-13-2-1-7-25-13;17-14-12-8-20-22(15(12)19-9-18-14)11-5-3-10(4-6-11)21-16(23)13-2-1-7-24-13;13-5-8-1-3-9(4-2-8)18-12-10(6-17-18)11(14)15-7-16-12;1-18-10-12-3-2-7(16-10)17-9-6(4-15-17)8(11)13-5-14-9/h2*1-9H,(H2,17,18,19)(H2,21,22,24);1-9H,(H,21,23)(H2,17,18,19);1-4,6-7H,(H2,14,15,16);2-5H,1H3,(H2,11,13,14). The van der Waals surface area contributed by atoms with Crippen molar-refractivity contribution in [3.63, 3.8) is 0 Å². The summed E-state index contributed by atoms with van der Waals surface area (Å²) in [6.45, 7) is 0. The molecule has 0 spiro atoms. The Morgan fingerprint density at radius 2 is 0.791 bits per heavy atom. The van der Waals surface area contributed by atoms with Crippen LogP contribution in [0.1, 0.15) is 15.2 Å². The summed E-state index contributed by atoms with van der Waals surface area (Å²) in [5.74, 6) is 2.51. The van der Waals surface area contributed by atoms with Crippen LogP contribution < -0.4 is 55.3 Å². The summed E-state index contributed by atoms with van der Waals surface area (Å²) in [5, 5.41) is 56.6. The molecule has 14 heterocycles. The minimum absolute atomic E-state index is 0.122. The van der Waals surface area contributed by atoms with Gasteiger partial charge in [0.2, 0.25) is 0 Å². The third-order valence-corrected chi connectivity index (χ3v) is 18.5. The number of nitrogens with zero attached hydrogens (tertiary/aromatic N) is 23. The van der Waals surface area contributed by atoms with Gasteiger partial charge in [-0.15, -0.1) is 22.7 Å². The Labute approximate surface area is 635 Å². The first kappa shape index (κ1) is 71.6. The summed E-state index contributed by atoms with van der Waals surface area (Å²) in [4.78, 5) is 85.8. The Hall–Kier alpha value is -15.3. The van der Waals surface area contributed by atoms with Gasteiger partial charge in [0.15, 0.2) is 39.2 Å². The number of aromatic nitrogens is 22. The van der Waals surface area contributed by atoms with Crippen LogP contribution in [0.25, 0.3) is 83.7 Å². The van der Waals surface area contributed by atoms with Crippen molar-refractivity contribution in [2.24, 2.45) is 0 Å². The number of carbonyl (C=O) groups is 3. The highest BCUT2D eigenvalue weighted by Gasteiger charge is 2.17. The lowest BCUT2D eigenvalue weighted by atomic mass is 10.2. The van der Waals surface area contributed by atoms with Gasteiger partial charge in [0.05, 0.1) is 108 Å².